The van der Waals surface area contributed by atoms with Gasteiger partial charge in [-0.25, -0.2) is 0 Å². The molecule has 0 aliphatic carbocycles. The number of benzene rings is 1. The third-order valence-electron chi connectivity index (χ3n) is 3.25. The van der Waals surface area contributed by atoms with Gasteiger partial charge < -0.3 is 9.84 Å². The molecule has 0 fully saturated rings. The van der Waals surface area contributed by atoms with Crippen LogP contribution in [0.15, 0.2) is 34.9 Å². The van der Waals surface area contributed by atoms with E-state index < -0.39 is 6.10 Å². The Balaban J connectivity index is 2.53. The van der Waals surface area contributed by atoms with Crippen LogP contribution in [0.5, 0.6) is 5.75 Å². The Morgan fingerprint density at radius 2 is 2.00 bits per heavy atom. The van der Waals surface area contributed by atoms with Crippen LogP contribution in [-0.2, 0) is 0 Å². The second-order valence-electron chi connectivity index (χ2n) is 4.40. The summed E-state index contributed by atoms with van der Waals surface area (Å²) in [6.45, 7) is 4.00. The van der Waals surface area contributed by atoms with Crippen molar-refractivity contribution >= 4 is 15.9 Å². The van der Waals surface area contributed by atoms with Gasteiger partial charge >= 0.3 is 0 Å². The van der Waals surface area contributed by atoms with E-state index in [9.17, 15) is 5.11 Å². The van der Waals surface area contributed by atoms with Gasteiger partial charge in [-0.1, -0.05) is 12.1 Å². The van der Waals surface area contributed by atoms with Crippen LogP contribution in [0.1, 0.15) is 28.5 Å². The zero-order chi connectivity index (χ0) is 14.0. The largest absolute Gasteiger partial charge is 0.496 e. The molecule has 0 bridgehead atoms. The Labute approximate surface area is 121 Å². The first-order valence-corrected chi connectivity index (χ1v) is 6.78. The van der Waals surface area contributed by atoms with Crippen LogP contribution in [0.3, 0.4) is 0 Å². The first-order chi connectivity index (χ1) is 9.06. The van der Waals surface area contributed by atoms with Gasteiger partial charge in [-0.05, 0) is 53.0 Å². The monoisotopic (exact) mass is 321 g/mol. The normalized spacial score (nSPS) is 12.3. The van der Waals surface area contributed by atoms with Gasteiger partial charge in [-0.3, -0.25) is 4.98 Å². The first-order valence-electron chi connectivity index (χ1n) is 5.98. The molecule has 3 nitrogen and oxygen atoms in total. The number of ether oxygens (including phenoxy) is 1. The lowest BCUT2D eigenvalue weighted by molar-refractivity contribution is 0.209. The van der Waals surface area contributed by atoms with Gasteiger partial charge in [-0.15, -0.1) is 0 Å². The summed E-state index contributed by atoms with van der Waals surface area (Å²) >= 11 is 3.41. The van der Waals surface area contributed by atoms with E-state index in [-0.39, 0.29) is 0 Å². The molecule has 0 aliphatic rings. The molecule has 1 aromatic carbocycles. The van der Waals surface area contributed by atoms with Crippen molar-refractivity contribution in [3.8, 4) is 5.75 Å². The summed E-state index contributed by atoms with van der Waals surface area (Å²) in [5, 5.41) is 10.5. The second kappa shape index (κ2) is 5.72. The van der Waals surface area contributed by atoms with E-state index in [2.05, 4.69) is 20.9 Å². The highest BCUT2D eigenvalue weighted by Crippen LogP contribution is 2.35. The van der Waals surface area contributed by atoms with Crippen molar-refractivity contribution in [1.82, 2.24) is 4.98 Å². The van der Waals surface area contributed by atoms with Gasteiger partial charge in [0.15, 0.2) is 0 Å². The highest BCUT2D eigenvalue weighted by atomic mass is 79.9. The predicted molar refractivity (Wildman–Crippen MR) is 78.5 cm³/mol. The summed E-state index contributed by atoms with van der Waals surface area (Å²) in [4.78, 5) is 4.23. The van der Waals surface area contributed by atoms with Gasteiger partial charge in [0.1, 0.15) is 11.9 Å². The molecule has 19 heavy (non-hydrogen) atoms. The quantitative estimate of drug-likeness (QED) is 0.940. The van der Waals surface area contributed by atoms with Crippen molar-refractivity contribution in [3.05, 3.63) is 57.3 Å². The highest BCUT2D eigenvalue weighted by Gasteiger charge is 2.20. The molecule has 4 heteroatoms. The number of methoxy groups -OCH3 is 1. The molecule has 0 saturated heterocycles. The molecular weight excluding hydrogens is 306 g/mol. The van der Waals surface area contributed by atoms with E-state index in [0.29, 0.717) is 11.4 Å². The number of hydrogen-bond acceptors (Lipinski definition) is 3. The molecule has 100 valence electrons. The lowest BCUT2D eigenvalue weighted by Gasteiger charge is -2.18. The zero-order valence-electron chi connectivity index (χ0n) is 11.1. The molecule has 1 N–H and O–H groups in total. The van der Waals surface area contributed by atoms with Crippen molar-refractivity contribution in [1.29, 1.82) is 0 Å². The molecule has 1 atom stereocenters. The number of rotatable bonds is 3. The summed E-state index contributed by atoms with van der Waals surface area (Å²) < 4.78 is 6.22. The fourth-order valence-corrected chi connectivity index (χ4v) is 2.52. The van der Waals surface area contributed by atoms with Crippen LogP contribution in [0.4, 0.5) is 0 Å². The van der Waals surface area contributed by atoms with Crippen molar-refractivity contribution in [2.24, 2.45) is 0 Å². The van der Waals surface area contributed by atoms with Crippen LogP contribution in [0, 0.1) is 13.8 Å². The minimum absolute atomic E-state index is 0.587. The number of aliphatic hydroxyl groups is 1. The molecular formula is C15H16BrNO2. The number of aliphatic hydroxyl groups excluding tert-OH is 1. The van der Waals surface area contributed by atoms with Crippen LogP contribution in [0.25, 0.3) is 0 Å². The fraction of sp³-hybridized carbons (Fsp3) is 0.267. The Kier molecular flexibility index (Phi) is 4.22. The smallest absolute Gasteiger partial charge is 0.128 e. The van der Waals surface area contributed by atoms with Gasteiger partial charge in [0.05, 0.1) is 12.8 Å². The molecule has 1 aromatic heterocycles. The number of aromatic nitrogens is 1. The summed E-state index contributed by atoms with van der Waals surface area (Å²) in [6, 6.07) is 7.54. The first kappa shape index (κ1) is 14.0. The number of hydrogen-bond donors (Lipinski definition) is 1. The van der Waals surface area contributed by atoms with Crippen molar-refractivity contribution in [2.45, 2.75) is 20.0 Å². The molecule has 0 radical (unpaired) electrons. The van der Waals surface area contributed by atoms with Crippen molar-refractivity contribution in [3.63, 3.8) is 0 Å². The van der Waals surface area contributed by atoms with E-state index in [1.807, 2.05) is 38.1 Å². The summed E-state index contributed by atoms with van der Waals surface area (Å²) in [5.41, 5.74) is 3.48. The highest BCUT2D eigenvalue weighted by molar-refractivity contribution is 9.10. The van der Waals surface area contributed by atoms with Crippen molar-refractivity contribution < 1.29 is 9.84 Å². The van der Waals surface area contributed by atoms with Crippen LogP contribution < -0.4 is 4.74 Å². The van der Waals surface area contributed by atoms with E-state index in [1.165, 1.54) is 0 Å². The number of pyridine rings is 1. The Morgan fingerprint density at radius 1 is 1.26 bits per heavy atom. The summed E-state index contributed by atoms with van der Waals surface area (Å²) in [6.07, 6.45) is 0.849. The maximum absolute atomic E-state index is 10.5. The number of aryl methyl sites for hydroxylation is 1. The maximum Gasteiger partial charge on any atom is 0.128 e. The second-order valence-corrected chi connectivity index (χ2v) is 5.26. The molecule has 1 heterocycles. The van der Waals surface area contributed by atoms with E-state index >= 15 is 0 Å². The topological polar surface area (TPSA) is 42.4 Å². The van der Waals surface area contributed by atoms with Crippen LogP contribution in [0.2, 0.25) is 0 Å². The maximum atomic E-state index is 10.5. The Hall–Kier alpha value is -1.39. The average Bonchev–Trinajstić information content (AvgIpc) is 2.41. The molecule has 2 rings (SSSR count). The lowest BCUT2D eigenvalue weighted by Crippen LogP contribution is -2.06. The van der Waals surface area contributed by atoms with Gasteiger partial charge in [-0.2, -0.15) is 0 Å². The molecule has 0 saturated carbocycles. The standard InChI is InChI=1S/C15H16BrNO2/c1-9-6-7-11(15(19-3)10(9)2)14(18)13-12(16)5-4-8-17-13/h4-8,14,18H,1-3H3. The fourth-order valence-electron chi connectivity index (χ4n) is 2.04. The zero-order valence-corrected chi connectivity index (χ0v) is 12.7. The van der Waals surface area contributed by atoms with Crippen LogP contribution in [-0.4, -0.2) is 17.2 Å². The minimum atomic E-state index is -0.815. The predicted octanol–water partition coefficient (Wildman–Crippen LogP) is 3.55. The van der Waals surface area contributed by atoms with Crippen LogP contribution >= 0.6 is 15.9 Å². The average molecular weight is 322 g/mol. The number of nitrogens with zero attached hydrogens (tertiary/aromatic N) is 1. The third-order valence-corrected chi connectivity index (χ3v) is 3.92. The van der Waals surface area contributed by atoms with Crippen molar-refractivity contribution in [2.75, 3.05) is 7.11 Å². The molecule has 0 aliphatic heterocycles. The number of halogens is 1. The molecule has 0 spiro atoms. The van der Waals surface area contributed by atoms with Gasteiger partial charge in [0.25, 0.3) is 0 Å². The van der Waals surface area contributed by atoms with E-state index in [1.54, 1.807) is 13.3 Å². The third kappa shape index (κ3) is 2.65. The molecule has 1 unspecified atom stereocenters. The van der Waals surface area contributed by atoms with E-state index in [0.717, 1.165) is 21.2 Å². The Bertz CT molecular complexity index is 599. The molecule has 0 amide bonds. The molecule has 2 aromatic rings. The lowest BCUT2D eigenvalue weighted by atomic mass is 9.99. The van der Waals surface area contributed by atoms with Gasteiger partial charge in [0.2, 0.25) is 0 Å². The minimum Gasteiger partial charge on any atom is -0.496 e. The van der Waals surface area contributed by atoms with E-state index in [4.69, 9.17) is 4.74 Å². The summed E-state index contributed by atoms with van der Waals surface area (Å²) in [5.74, 6) is 0.713. The Morgan fingerprint density at radius 3 is 2.63 bits per heavy atom. The SMILES string of the molecule is COc1c(C(O)c2ncccc2Br)ccc(C)c1C. The summed E-state index contributed by atoms with van der Waals surface area (Å²) in [7, 11) is 1.62. The van der Waals surface area contributed by atoms with Gasteiger partial charge in [0, 0.05) is 16.2 Å².